The van der Waals surface area contributed by atoms with Crippen molar-refractivity contribution in [3.8, 4) is 5.75 Å². The molecule has 0 spiro atoms. The maximum absolute atomic E-state index is 12.1. The van der Waals surface area contributed by atoms with E-state index in [-0.39, 0.29) is 22.9 Å². The second kappa shape index (κ2) is 7.60. The molecular formula is C15H15F2N3O5. The van der Waals surface area contributed by atoms with E-state index in [1.807, 2.05) is 0 Å². The molecule has 1 atom stereocenters. The molecule has 2 aromatic rings. The Morgan fingerprint density at radius 3 is 2.44 bits per heavy atom. The Morgan fingerprint density at radius 2 is 1.92 bits per heavy atom. The number of esters is 1. The molecule has 134 valence electrons. The number of hydrogen-bond donors (Lipinski definition) is 2. The van der Waals surface area contributed by atoms with Crippen molar-refractivity contribution >= 4 is 23.4 Å². The van der Waals surface area contributed by atoms with Gasteiger partial charge in [0.05, 0.1) is 5.69 Å². The van der Waals surface area contributed by atoms with E-state index in [4.69, 9.17) is 10.5 Å². The molecule has 2 rings (SSSR count). The lowest BCUT2D eigenvalue weighted by atomic mass is 10.2. The molecule has 0 saturated carbocycles. The van der Waals surface area contributed by atoms with Crippen LogP contribution in [0.1, 0.15) is 23.0 Å². The molecule has 0 aliphatic carbocycles. The molecule has 1 heterocycles. The van der Waals surface area contributed by atoms with Crippen molar-refractivity contribution in [3.05, 3.63) is 35.5 Å². The van der Waals surface area contributed by atoms with E-state index in [9.17, 15) is 18.4 Å². The Morgan fingerprint density at radius 1 is 1.28 bits per heavy atom. The normalized spacial score (nSPS) is 11.9. The maximum atomic E-state index is 12.1. The number of anilines is 2. The number of halogens is 2. The zero-order chi connectivity index (χ0) is 18.6. The van der Waals surface area contributed by atoms with Crippen molar-refractivity contribution in [3.63, 3.8) is 0 Å². The van der Waals surface area contributed by atoms with Gasteiger partial charge in [0.1, 0.15) is 11.3 Å². The van der Waals surface area contributed by atoms with Gasteiger partial charge in [-0.15, -0.1) is 0 Å². The van der Waals surface area contributed by atoms with Gasteiger partial charge in [0, 0.05) is 5.69 Å². The van der Waals surface area contributed by atoms with Crippen molar-refractivity contribution in [1.82, 2.24) is 5.16 Å². The smallest absolute Gasteiger partial charge is 0.387 e. The topological polar surface area (TPSA) is 117 Å². The van der Waals surface area contributed by atoms with Gasteiger partial charge in [-0.25, -0.2) is 4.79 Å². The molecule has 0 unspecified atom stereocenters. The number of carbonyl (C=O) groups is 2. The van der Waals surface area contributed by atoms with Gasteiger partial charge >= 0.3 is 12.6 Å². The third-order valence-electron chi connectivity index (χ3n) is 3.09. The number of nitrogen functional groups attached to an aromatic ring is 1. The third kappa shape index (κ3) is 4.66. The molecule has 0 bridgehead atoms. The van der Waals surface area contributed by atoms with Crippen molar-refractivity contribution in [2.45, 2.75) is 26.6 Å². The van der Waals surface area contributed by atoms with Crippen LogP contribution in [0.15, 0.2) is 28.8 Å². The maximum Gasteiger partial charge on any atom is 0.387 e. The van der Waals surface area contributed by atoms with Gasteiger partial charge in [0.25, 0.3) is 5.91 Å². The molecule has 25 heavy (non-hydrogen) atoms. The van der Waals surface area contributed by atoms with Crippen LogP contribution in [0.5, 0.6) is 5.75 Å². The minimum Gasteiger partial charge on any atom is -0.449 e. The van der Waals surface area contributed by atoms with E-state index < -0.39 is 24.6 Å². The van der Waals surface area contributed by atoms with Crippen molar-refractivity contribution < 1.29 is 32.4 Å². The summed E-state index contributed by atoms with van der Waals surface area (Å²) in [6.07, 6.45) is -1.14. The van der Waals surface area contributed by atoms with Crippen LogP contribution in [-0.4, -0.2) is 29.7 Å². The van der Waals surface area contributed by atoms with Crippen LogP contribution >= 0.6 is 0 Å². The zero-order valence-corrected chi connectivity index (χ0v) is 13.3. The number of hydrogen-bond acceptors (Lipinski definition) is 7. The molecule has 0 saturated heterocycles. The summed E-state index contributed by atoms with van der Waals surface area (Å²) in [5.41, 5.74) is 5.98. The van der Waals surface area contributed by atoms with Crippen molar-refractivity contribution in [2.24, 2.45) is 0 Å². The highest BCUT2D eigenvalue weighted by molar-refractivity contribution is 5.99. The number of aromatic nitrogens is 1. The van der Waals surface area contributed by atoms with Gasteiger partial charge in [0.2, 0.25) is 5.88 Å². The molecule has 8 nitrogen and oxygen atoms in total. The average Bonchev–Trinajstić information content (AvgIpc) is 2.87. The van der Waals surface area contributed by atoms with Crippen molar-refractivity contribution in [1.29, 1.82) is 0 Å². The first-order chi connectivity index (χ1) is 11.8. The van der Waals surface area contributed by atoms with Crippen LogP contribution < -0.4 is 15.8 Å². The second-order valence-corrected chi connectivity index (χ2v) is 4.95. The molecule has 10 heteroatoms. The summed E-state index contributed by atoms with van der Waals surface area (Å²) in [4.78, 5) is 24.0. The largest absolute Gasteiger partial charge is 0.449 e. The number of nitrogens with zero attached hydrogens (tertiary/aromatic N) is 1. The van der Waals surface area contributed by atoms with E-state index in [1.165, 1.54) is 38.1 Å². The Labute approximate surface area is 140 Å². The fourth-order valence-corrected chi connectivity index (χ4v) is 1.87. The van der Waals surface area contributed by atoms with Crippen LogP contribution in [0.4, 0.5) is 20.4 Å². The minimum atomic E-state index is -2.94. The molecule has 0 fully saturated rings. The monoisotopic (exact) mass is 355 g/mol. The van der Waals surface area contributed by atoms with E-state index in [2.05, 4.69) is 19.7 Å². The molecular weight excluding hydrogens is 340 g/mol. The third-order valence-corrected chi connectivity index (χ3v) is 3.09. The predicted octanol–water partition coefficient (Wildman–Crippen LogP) is 2.35. The Kier molecular flexibility index (Phi) is 5.52. The lowest BCUT2D eigenvalue weighted by Crippen LogP contribution is -2.30. The number of ether oxygens (including phenoxy) is 2. The second-order valence-electron chi connectivity index (χ2n) is 4.95. The first-order valence-corrected chi connectivity index (χ1v) is 7.06. The summed E-state index contributed by atoms with van der Waals surface area (Å²) >= 11 is 0. The number of amides is 1. The Balaban J connectivity index is 1.95. The number of aryl methyl sites for hydroxylation is 1. The van der Waals surface area contributed by atoms with E-state index in [0.29, 0.717) is 5.69 Å². The zero-order valence-electron chi connectivity index (χ0n) is 13.3. The molecule has 1 aromatic carbocycles. The summed E-state index contributed by atoms with van der Waals surface area (Å²) in [7, 11) is 0. The number of benzene rings is 1. The van der Waals surface area contributed by atoms with Crippen LogP contribution in [0.3, 0.4) is 0 Å². The fourth-order valence-electron chi connectivity index (χ4n) is 1.87. The fraction of sp³-hybridized carbons (Fsp3) is 0.267. The van der Waals surface area contributed by atoms with Gasteiger partial charge in [-0.3, -0.25) is 4.79 Å². The molecule has 0 radical (unpaired) electrons. The van der Waals surface area contributed by atoms with Gasteiger partial charge in [-0.2, -0.15) is 8.78 Å². The number of rotatable bonds is 6. The summed E-state index contributed by atoms with van der Waals surface area (Å²) in [5.74, 6) is -1.72. The number of alkyl halides is 2. The van der Waals surface area contributed by atoms with Gasteiger partial charge in [-0.1, -0.05) is 5.16 Å². The number of carbonyl (C=O) groups excluding carboxylic acids is 2. The molecule has 0 aliphatic heterocycles. The van der Waals surface area contributed by atoms with Gasteiger partial charge in [-0.05, 0) is 38.1 Å². The van der Waals surface area contributed by atoms with E-state index in [0.717, 1.165) is 0 Å². The lowest BCUT2D eigenvalue weighted by Gasteiger charge is -2.13. The standard InChI is InChI=1S/C15H15F2N3O5/c1-7-11(12(18)25-20-7)14(22)23-8(2)13(21)19-9-3-5-10(6-4-9)24-15(16)17/h3-6,8,15H,18H2,1-2H3,(H,19,21)/t8-/m0/s1. The highest BCUT2D eigenvalue weighted by Crippen LogP contribution is 2.19. The highest BCUT2D eigenvalue weighted by atomic mass is 19.3. The van der Waals surface area contributed by atoms with Crippen LogP contribution in [0.25, 0.3) is 0 Å². The van der Waals surface area contributed by atoms with Gasteiger partial charge < -0.3 is 25.0 Å². The predicted molar refractivity (Wildman–Crippen MR) is 82.2 cm³/mol. The quantitative estimate of drug-likeness (QED) is 0.764. The highest BCUT2D eigenvalue weighted by Gasteiger charge is 2.25. The molecule has 3 N–H and O–H groups in total. The molecule has 1 amide bonds. The molecule has 1 aromatic heterocycles. The first-order valence-electron chi connectivity index (χ1n) is 7.06. The summed E-state index contributed by atoms with van der Waals surface area (Å²) in [6, 6.07) is 5.26. The van der Waals surface area contributed by atoms with Gasteiger partial charge in [0.15, 0.2) is 6.10 Å². The SMILES string of the molecule is Cc1noc(N)c1C(=O)O[C@@H](C)C(=O)Nc1ccc(OC(F)F)cc1. The van der Waals surface area contributed by atoms with E-state index >= 15 is 0 Å². The average molecular weight is 355 g/mol. The summed E-state index contributed by atoms with van der Waals surface area (Å²) < 4.78 is 38.0. The van der Waals surface area contributed by atoms with Crippen LogP contribution in [0.2, 0.25) is 0 Å². The summed E-state index contributed by atoms with van der Waals surface area (Å²) in [5, 5.41) is 5.99. The lowest BCUT2D eigenvalue weighted by molar-refractivity contribution is -0.123. The minimum absolute atomic E-state index is 0.0480. The van der Waals surface area contributed by atoms with Crippen LogP contribution in [0, 0.1) is 6.92 Å². The number of nitrogens with two attached hydrogens (primary N) is 1. The van der Waals surface area contributed by atoms with Crippen molar-refractivity contribution in [2.75, 3.05) is 11.1 Å². The summed E-state index contributed by atoms with van der Waals surface area (Å²) in [6.45, 7) is -0.0710. The Hall–Kier alpha value is -3.17. The van der Waals surface area contributed by atoms with Crippen LogP contribution in [-0.2, 0) is 9.53 Å². The number of nitrogens with one attached hydrogen (secondary N) is 1. The van der Waals surface area contributed by atoms with E-state index in [1.54, 1.807) is 0 Å². The first kappa shape index (κ1) is 18.2. The molecule has 0 aliphatic rings. The Bertz CT molecular complexity index is 742.